The molecule has 9 aromatic rings. The number of benzene rings is 7. The van der Waals surface area contributed by atoms with Crippen LogP contribution < -0.4 is 0 Å². The van der Waals surface area contributed by atoms with Crippen molar-refractivity contribution in [2.45, 2.75) is 18.8 Å². The maximum atomic E-state index is 3.90. The summed E-state index contributed by atoms with van der Waals surface area (Å²) in [7, 11) is 0. The van der Waals surface area contributed by atoms with Crippen molar-refractivity contribution in [2.24, 2.45) is 0 Å². The lowest BCUT2D eigenvalue weighted by molar-refractivity contribution is 0.734. The summed E-state index contributed by atoms with van der Waals surface area (Å²) in [5.74, 6) is 0.355. The average molecular weight is 697 g/mol. The zero-order valence-corrected chi connectivity index (χ0v) is 28.6. The summed E-state index contributed by atoms with van der Waals surface area (Å²) in [6.45, 7) is 0. The predicted octanol–water partition coefficient (Wildman–Crippen LogP) is 13.3. The van der Waals surface area contributed by atoms with Gasteiger partial charge in [-0.15, -0.1) is 11.3 Å². The molecule has 0 amide bonds. The third kappa shape index (κ3) is 4.28. The Labute approximate surface area is 291 Å². The van der Waals surface area contributed by atoms with E-state index >= 15 is 0 Å². The lowest BCUT2D eigenvalue weighted by Crippen LogP contribution is -2.00. The molecule has 1 nitrogen and oxygen atoms in total. The number of rotatable bonds is 5. The van der Waals surface area contributed by atoms with E-state index in [-0.39, 0.29) is 0 Å². The molecule has 0 fully saturated rings. The van der Waals surface area contributed by atoms with Gasteiger partial charge in [-0.25, -0.2) is 0 Å². The van der Waals surface area contributed by atoms with Gasteiger partial charge in [-0.3, -0.25) is 0 Å². The third-order valence-electron chi connectivity index (χ3n) is 10.3. The number of halogens is 1. The molecule has 0 spiro atoms. The highest BCUT2D eigenvalue weighted by atomic mass is 79.9. The first-order chi connectivity index (χ1) is 23.7. The van der Waals surface area contributed by atoms with E-state index in [2.05, 4.69) is 172 Å². The van der Waals surface area contributed by atoms with Crippen molar-refractivity contribution in [1.29, 1.82) is 0 Å². The van der Waals surface area contributed by atoms with Gasteiger partial charge in [0.05, 0.1) is 11.0 Å². The second-order valence-electron chi connectivity index (χ2n) is 12.9. The molecular formula is C45H30BrNS. The van der Waals surface area contributed by atoms with Crippen LogP contribution in [0.3, 0.4) is 0 Å². The highest BCUT2D eigenvalue weighted by molar-refractivity contribution is 9.10. The third-order valence-corrected chi connectivity index (χ3v) is 12.1. The first-order valence-electron chi connectivity index (χ1n) is 16.6. The molecule has 0 saturated carbocycles. The lowest BCUT2D eigenvalue weighted by atomic mass is 9.88. The Morgan fingerprint density at radius 3 is 2.21 bits per heavy atom. The standard InChI is InChI=1S/C45H30BrNS/c46-38-15-9-16-40-44(38)37-27-30(20-24-39(37)47(40)31-12-5-2-6-13-31)29-19-22-32-33(21-18-28-10-3-1-4-11-28)43-34(36(32)26-29)23-25-42-45(43)35-14-7-8-17-41(35)48-42/h1-17,19-20,22-27,33H,18,21H2. The van der Waals surface area contributed by atoms with Crippen LogP contribution in [0.25, 0.3) is 69.9 Å². The van der Waals surface area contributed by atoms with Gasteiger partial charge in [0.15, 0.2) is 0 Å². The smallest absolute Gasteiger partial charge is 0.0552 e. The number of aryl methyl sites for hydroxylation is 1. The van der Waals surface area contributed by atoms with Crippen molar-refractivity contribution in [1.82, 2.24) is 4.57 Å². The van der Waals surface area contributed by atoms with E-state index in [4.69, 9.17) is 0 Å². The molecule has 1 aliphatic rings. The van der Waals surface area contributed by atoms with E-state index in [9.17, 15) is 0 Å². The quantitative estimate of drug-likeness (QED) is 0.169. The van der Waals surface area contributed by atoms with Crippen LogP contribution in [0.15, 0.2) is 156 Å². The zero-order chi connectivity index (χ0) is 31.8. The van der Waals surface area contributed by atoms with Crippen LogP contribution in [-0.2, 0) is 6.42 Å². The fourth-order valence-corrected chi connectivity index (χ4v) is 9.88. The summed E-state index contributed by atoms with van der Waals surface area (Å²) in [6.07, 6.45) is 2.15. The van der Waals surface area contributed by atoms with Crippen molar-refractivity contribution in [2.75, 3.05) is 0 Å². The van der Waals surface area contributed by atoms with Gasteiger partial charge >= 0.3 is 0 Å². The molecule has 1 aliphatic carbocycles. The number of nitrogens with zero attached hydrogens (tertiary/aromatic N) is 1. The van der Waals surface area contributed by atoms with Crippen molar-refractivity contribution >= 4 is 69.2 Å². The van der Waals surface area contributed by atoms with Crippen LogP contribution in [0.2, 0.25) is 0 Å². The number of para-hydroxylation sites is 1. The van der Waals surface area contributed by atoms with Crippen molar-refractivity contribution in [3.8, 4) is 27.9 Å². The molecule has 2 aromatic heterocycles. The van der Waals surface area contributed by atoms with E-state index in [1.54, 1.807) is 0 Å². The molecule has 0 bridgehead atoms. The van der Waals surface area contributed by atoms with E-state index in [1.165, 1.54) is 86.6 Å². The SMILES string of the molecule is Brc1cccc2c1c1cc(-c3ccc4c(c3)-c3ccc5sc6ccccc6c5c3C4CCc3ccccc3)ccc1n2-c1ccccc1. The Bertz CT molecular complexity index is 2680. The number of hydrogen-bond acceptors (Lipinski definition) is 1. The van der Waals surface area contributed by atoms with E-state index in [0.29, 0.717) is 5.92 Å². The van der Waals surface area contributed by atoms with Crippen LogP contribution >= 0.6 is 27.3 Å². The summed E-state index contributed by atoms with van der Waals surface area (Å²) in [4.78, 5) is 0. The molecule has 10 rings (SSSR count). The van der Waals surface area contributed by atoms with E-state index < -0.39 is 0 Å². The monoisotopic (exact) mass is 695 g/mol. The van der Waals surface area contributed by atoms with Crippen LogP contribution in [0, 0.1) is 0 Å². The molecule has 48 heavy (non-hydrogen) atoms. The summed E-state index contributed by atoms with van der Waals surface area (Å²) < 4.78 is 6.26. The number of aromatic nitrogens is 1. The largest absolute Gasteiger partial charge is 0.309 e. The maximum absolute atomic E-state index is 3.90. The minimum absolute atomic E-state index is 0.355. The minimum Gasteiger partial charge on any atom is -0.309 e. The molecular weight excluding hydrogens is 666 g/mol. The molecule has 0 aliphatic heterocycles. The van der Waals surface area contributed by atoms with Gasteiger partial charge in [0.2, 0.25) is 0 Å². The summed E-state index contributed by atoms with van der Waals surface area (Å²) >= 11 is 5.82. The fourth-order valence-electron chi connectivity index (χ4n) is 8.19. The van der Waals surface area contributed by atoms with Crippen molar-refractivity contribution in [3.63, 3.8) is 0 Å². The Morgan fingerprint density at radius 1 is 0.562 bits per heavy atom. The molecule has 0 saturated heterocycles. The normalized spacial score (nSPS) is 13.9. The number of fused-ring (bicyclic) bond motifs is 10. The highest BCUT2D eigenvalue weighted by Gasteiger charge is 2.32. The first-order valence-corrected chi connectivity index (χ1v) is 18.2. The molecule has 1 atom stereocenters. The molecule has 7 aromatic carbocycles. The van der Waals surface area contributed by atoms with Gasteiger partial charge in [-0.2, -0.15) is 0 Å². The Morgan fingerprint density at radius 2 is 1.33 bits per heavy atom. The second-order valence-corrected chi connectivity index (χ2v) is 14.9. The molecule has 0 N–H and O–H groups in total. The highest BCUT2D eigenvalue weighted by Crippen LogP contribution is 2.53. The summed E-state index contributed by atoms with van der Waals surface area (Å²) in [6, 6.07) is 56.1. The first kappa shape index (κ1) is 28.1. The van der Waals surface area contributed by atoms with Gasteiger partial charge in [0.25, 0.3) is 0 Å². The van der Waals surface area contributed by atoms with Crippen LogP contribution in [0.4, 0.5) is 0 Å². The zero-order valence-electron chi connectivity index (χ0n) is 26.2. The van der Waals surface area contributed by atoms with E-state index in [0.717, 1.165) is 17.3 Å². The molecule has 0 radical (unpaired) electrons. The second kappa shape index (κ2) is 11.1. The molecule has 2 heterocycles. The molecule has 228 valence electrons. The van der Waals surface area contributed by atoms with Gasteiger partial charge < -0.3 is 4.57 Å². The van der Waals surface area contributed by atoms with Gasteiger partial charge in [0.1, 0.15) is 0 Å². The lowest BCUT2D eigenvalue weighted by Gasteiger charge is -2.16. The van der Waals surface area contributed by atoms with Crippen LogP contribution in [0.1, 0.15) is 29.0 Å². The Kier molecular flexibility index (Phi) is 6.47. The number of thiophene rings is 1. The number of hydrogen-bond donors (Lipinski definition) is 0. The van der Waals surface area contributed by atoms with Crippen LogP contribution in [-0.4, -0.2) is 4.57 Å². The Balaban J connectivity index is 1.16. The summed E-state index contributed by atoms with van der Waals surface area (Å²) in [5.41, 5.74) is 13.2. The van der Waals surface area contributed by atoms with Gasteiger partial charge in [-0.05, 0) is 106 Å². The minimum atomic E-state index is 0.355. The van der Waals surface area contributed by atoms with Crippen molar-refractivity contribution in [3.05, 3.63) is 173 Å². The van der Waals surface area contributed by atoms with Gasteiger partial charge in [-0.1, -0.05) is 113 Å². The maximum Gasteiger partial charge on any atom is 0.0552 e. The van der Waals surface area contributed by atoms with Crippen LogP contribution in [0.5, 0.6) is 0 Å². The van der Waals surface area contributed by atoms with Gasteiger partial charge in [0, 0.05) is 47.0 Å². The average Bonchev–Trinajstić information content (AvgIpc) is 3.79. The molecule has 1 unspecified atom stereocenters. The summed E-state index contributed by atoms with van der Waals surface area (Å²) in [5, 5.41) is 5.34. The Hall–Kier alpha value is -4.96. The van der Waals surface area contributed by atoms with E-state index in [1.807, 2.05) is 11.3 Å². The topological polar surface area (TPSA) is 4.93 Å². The predicted molar refractivity (Wildman–Crippen MR) is 209 cm³/mol. The van der Waals surface area contributed by atoms with Crippen molar-refractivity contribution < 1.29 is 0 Å². The molecule has 3 heteroatoms. The fraction of sp³-hybridized carbons (Fsp3) is 0.0667.